The number of aromatic nitrogens is 3. The number of aryl methyl sites for hydroxylation is 1. The standard InChI is InChI=1S/C9H11N5O2/c1-12-5-3-4-14(11)7(10)6(5)8(15)13(2)9(12)16/h3-4,10H,11H2,1-2H3. The van der Waals surface area contributed by atoms with Crippen LogP contribution in [0.15, 0.2) is 21.9 Å². The summed E-state index contributed by atoms with van der Waals surface area (Å²) in [7, 11) is 2.92. The highest BCUT2D eigenvalue weighted by atomic mass is 16.2. The zero-order valence-electron chi connectivity index (χ0n) is 8.89. The van der Waals surface area contributed by atoms with Crippen molar-refractivity contribution in [2.45, 2.75) is 0 Å². The summed E-state index contributed by atoms with van der Waals surface area (Å²) in [6.45, 7) is 0. The molecule has 0 unspecified atom stereocenters. The van der Waals surface area contributed by atoms with E-state index in [0.29, 0.717) is 5.52 Å². The molecule has 2 aromatic heterocycles. The molecular formula is C9H11N5O2. The van der Waals surface area contributed by atoms with Gasteiger partial charge in [0.2, 0.25) is 0 Å². The summed E-state index contributed by atoms with van der Waals surface area (Å²) < 4.78 is 3.31. The molecule has 0 atom stereocenters. The summed E-state index contributed by atoms with van der Waals surface area (Å²) >= 11 is 0. The second-order valence-corrected chi connectivity index (χ2v) is 3.54. The van der Waals surface area contributed by atoms with E-state index >= 15 is 0 Å². The van der Waals surface area contributed by atoms with Gasteiger partial charge in [-0.1, -0.05) is 0 Å². The average molecular weight is 221 g/mol. The van der Waals surface area contributed by atoms with Gasteiger partial charge in [-0.2, -0.15) is 0 Å². The topological polar surface area (TPSA) is 98.8 Å². The Morgan fingerprint density at radius 1 is 1.25 bits per heavy atom. The van der Waals surface area contributed by atoms with Gasteiger partial charge in [-0.05, 0) is 6.07 Å². The van der Waals surface area contributed by atoms with Gasteiger partial charge in [-0.15, -0.1) is 0 Å². The van der Waals surface area contributed by atoms with Crippen molar-refractivity contribution in [2.75, 3.05) is 5.84 Å². The van der Waals surface area contributed by atoms with Gasteiger partial charge in [0.05, 0.1) is 5.52 Å². The zero-order valence-corrected chi connectivity index (χ0v) is 8.89. The van der Waals surface area contributed by atoms with Gasteiger partial charge in [0.1, 0.15) is 5.39 Å². The molecule has 0 spiro atoms. The van der Waals surface area contributed by atoms with Gasteiger partial charge in [-0.3, -0.25) is 24.0 Å². The Balaban J connectivity index is 3.30. The molecule has 0 fully saturated rings. The Hall–Kier alpha value is -2.31. The van der Waals surface area contributed by atoms with Crippen molar-refractivity contribution in [3.8, 4) is 0 Å². The van der Waals surface area contributed by atoms with Crippen molar-refractivity contribution in [3.63, 3.8) is 0 Å². The van der Waals surface area contributed by atoms with Crippen LogP contribution in [-0.2, 0) is 14.1 Å². The van der Waals surface area contributed by atoms with Crippen LogP contribution < -0.4 is 22.6 Å². The van der Waals surface area contributed by atoms with Crippen LogP contribution >= 0.6 is 0 Å². The van der Waals surface area contributed by atoms with Crippen molar-refractivity contribution < 1.29 is 0 Å². The van der Waals surface area contributed by atoms with E-state index in [-0.39, 0.29) is 10.9 Å². The molecule has 2 rings (SSSR count). The van der Waals surface area contributed by atoms with Crippen LogP contribution in [0.3, 0.4) is 0 Å². The van der Waals surface area contributed by atoms with Gasteiger partial charge in [0.25, 0.3) is 5.56 Å². The molecule has 0 aliphatic rings. The third-order valence-corrected chi connectivity index (χ3v) is 2.60. The highest BCUT2D eigenvalue weighted by Gasteiger charge is 2.10. The van der Waals surface area contributed by atoms with Crippen LogP contribution in [0, 0.1) is 5.41 Å². The smallest absolute Gasteiger partial charge is 0.330 e. The second-order valence-electron chi connectivity index (χ2n) is 3.54. The fourth-order valence-electron chi connectivity index (χ4n) is 1.63. The van der Waals surface area contributed by atoms with Crippen LogP contribution in [0.5, 0.6) is 0 Å². The molecule has 7 heteroatoms. The van der Waals surface area contributed by atoms with Crippen molar-refractivity contribution >= 4 is 10.9 Å². The fourth-order valence-corrected chi connectivity index (χ4v) is 1.63. The van der Waals surface area contributed by atoms with Crippen LogP contribution in [-0.4, -0.2) is 13.8 Å². The number of hydrogen-bond acceptors (Lipinski definition) is 4. The lowest BCUT2D eigenvalue weighted by Crippen LogP contribution is -2.41. The van der Waals surface area contributed by atoms with Crippen molar-refractivity contribution in [3.05, 3.63) is 38.6 Å². The van der Waals surface area contributed by atoms with E-state index in [1.807, 2.05) is 0 Å². The Labute approximate surface area is 89.5 Å². The minimum atomic E-state index is -0.511. The maximum atomic E-state index is 11.8. The summed E-state index contributed by atoms with van der Waals surface area (Å²) in [4.78, 5) is 23.5. The molecule has 84 valence electrons. The largest absolute Gasteiger partial charge is 0.338 e. The van der Waals surface area contributed by atoms with Crippen LogP contribution in [0.2, 0.25) is 0 Å². The number of hydrogen-bond donors (Lipinski definition) is 2. The Bertz CT molecular complexity index is 749. The lowest BCUT2D eigenvalue weighted by Gasteiger charge is -2.08. The molecule has 2 aromatic rings. The zero-order chi connectivity index (χ0) is 12.0. The number of fused-ring (bicyclic) bond motifs is 1. The summed E-state index contributed by atoms with van der Waals surface area (Å²) in [5, 5.41) is 7.84. The molecule has 2 heterocycles. The van der Waals surface area contributed by atoms with Gasteiger partial charge in [0, 0.05) is 20.3 Å². The van der Waals surface area contributed by atoms with E-state index in [0.717, 1.165) is 9.24 Å². The van der Waals surface area contributed by atoms with E-state index in [4.69, 9.17) is 11.3 Å². The fraction of sp³-hybridized carbons (Fsp3) is 0.222. The minimum Gasteiger partial charge on any atom is -0.338 e. The van der Waals surface area contributed by atoms with Gasteiger partial charge >= 0.3 is 5.69 Å². The predicted molar refractivity (Wildman–Crippen MR) is 58.4 cm³/mol. The number of nitrogen functional groups attached to an aromatic ring is 1. The molecule has 0 aliphatic carbocycles. The van der Waals surface area contributed by atoms with Gasteiger partial charge in [-0.25, -0.2) is 4.79 Å². The number of pyridine rings is 1. The van der Waals surface area contributed by atoms with E-state index < -0.39 is 11.2 Å². The maximum Gasteiger partial charge on any atom is 0.330 e. The summed E-state index contributed by atoms with van der Waals surface area (Å²) in [5.74, 6) is 5.49. The van der Waals surface area contributed by atoms with E-state index in [2.05, 4.69) is 0 Å². The molecule has 0 aromatic carbocycles. The first-order chi connectivity index (χ1) is 7.45. The Morgan fingerprint density at radius 2 is 1.88 bits per heavy atom. The molecule has 16 heavy (non-hydrogen) atoms. The molecule has 0 bridgehead atoms. The van der Waals surface area contributed by atoms with Crippen LogP contribution in [0.4, 0.5) is 0 Å². The van der Waals surface area contributed by atoms with Crippen molar-refractivity contribution in [2.24, 2.45) is 14.1 Å². The molecule has 0 saturated carbocycles. The first kappa shape index (κ1) is 10.2. The molecular weight excluding hydrogens is 210 g/mol. The second kappa shape index (κ2) is 3.09. The van der Waals surface area contributed by atoms with E-state index in [1.165, 1.54) is 23.9 Å². The summed E-state index contributed by atoms with van der Waals surface area (Å²) in [6.07, 6.45) is 1.43. The monoisotopic (exact) mass is 221 g/mol. The molecule has 0 aliphatic heterocycles. The number of nitrogens with two attached hydrogens (primary N) is 1. The van der Waals surface area contributed by atoms with Gasteiger partial charge in [0.15, 0.2) is 5.49 Å². The maximum absolute atomic E-state index is 11.8. The SMILES string of the molecule is Cn1c(=O)c2c(=N)n(N)ccc2n(C)c1=O. The third-order valence-electron chi connectivity index (χ3n) is 2.60. The molecule has 0 radical (unpaired) electrons. The number of nitrogens with one attached hydrogen (secondary N) is 1. The third kappa shape index (κ3) is 1.11. The van der Waals surface area contributed by atoms with E-state index in [9.17, 15) is 9.59 Å². The Morgan fingerprint density at radius 3 is 2.50 bits per heavy atom. The van der Waals surface area contributed by atoms with Crippen molar-refractivity contribution in [1.29, 1.82) is 5.41 Å². The lowest BCUT2D eigenvalue weighted by molar-refractivity contribution is 0.708. The average Bonchev–Trinajstić information content (AvgIpc) is 2.27. The van der Waals surface area contributed by atoms with E-state index in [1.54, 1.807) is 7.05 Å². The van der Waals surface area contributed by atoms with Crippen LogP contribution in [0.25, 0.3) is 10.9 Å². The number of rotatable bonds is 0. The summed E-state index contributed by atoms with van der Waals surface area (Å²) in [5.41, 5.74) is -0.650. The normalized spacial score (nSPS) is 10.9. The van der Waals surface area contributed by atoms with Crippen molar-refractivity contribution in [1.82, 2.24) is 13.8 Å². The lowest BCUT2D eigenvalue weighted by atomic mass is 10.3. The molecule has 0 amide bonds. The van der Waals surface area contributed by atoms with Crippen LogP contribution in [0.1, 0.15) is 0 Å². The minimum absolute atomic E-state index is 0.117. The predicted octanol–water partition coefficient (Wildman–Crippen LogP) is -1.77. The molecule has 3 N–H and O–H groups in total. The quantitative estimate of drug-likeness (QED) is 0.515. The first-order valence-corrected chi connectivity index (χ1v) is 4.56. The van der Waals surface area contributed by atoms with Gasteiger partial charge < -0.3 is 5.84 Å². The molecule has 0 saturated heterocycles. The highest BCUT2D eigenvalue weighted by molar-refractivity contribution is 5.76. The summed E-state index contributed by atoms with van der Waals surface area (Å²) in [6, 6.07) is 1.54. The Kier molecular flexibility index (Phi) is 1.97. The highest BCUT2D eigenvalue weighted by Crippen LogP contribution is 1.99. The number of nitrogens with zero attached hydrogens (tertiary/aromatic N) is 3. The first-order valence-electron chi connectivity index (χ1n) is 4.56. The molecule has 7 nitrogen and oxygen atoms in total.